The van der Waals surface area contributed by atoms with Crippen molar-refractivity contribution in [3.63, 3.8) is 0 Å². The molecule has 10 nitrogen and oxygen atoms in total. The van der Waals surface area contributed by atoms with Crippen molar-refractivity contribution >= 4 is 28.8 Å². The molecule has 0 saturated carbocycles. The summed E-state index contributed by atoms with van der Waals surface area (Å²) in [5.41, 5.74) is 1.49. The third-order valence-corrected chi connectivity index (χ3v) is 7.16. The summed E-state index contributed by atoms with van der Waals surface area (Å²) in [5.74, 6) is -2.81. The zero-order valence-corrected chi connectivity index (χ0v) is 19.9. The van der Waals surface area contributed by atoms with Gasteiger partial charge in [0.2, 0.25) is 17.7 Å². The maximum absolute atomic E-state index is 13.7. The fraction of sp³-hybridized carbons (Fsp3) is 0.542. The summed E-state index contributed by atoms with van der Waals surface area (Å²) in [7, 11) is 1.55. The minimum Gasteiger partial charge on any atom is -0.394 e. The number of nitrogens with zero attached hydrogens (tertiary/aromatic N) is 4. The van der Waals surface area contributed by atoms with Gasteiger partial charge >= 0.3 is 0 Å². The molecule has 1 aromatic carbocycles. The van der Waals surface area contributed by atoms with E-state index in [1.54, 1.807) is 11.7 Å². The molecule has 0 bridgehead atoms. The Bertz CT molecular complexity index is 1110. The van der Waals surface area contributed by atoms with Crippen LogP contribution in [0.2, 0.25) is 0 Å². The first-order chi connectivity index (χ1) is 16.3. The molecule has 0 spiro atoms. The summed E-state index contributed by atoms with van der Waals surface area (Å²) < 4.78 is 1.59. The average Bonchev–Trinajstić information content (AvgIpc) is 3.36. The van der Waals surface area contributed by atoms with E-state index < -0.39 is 29.8 Å². The molecule has 0 unspecified atom stereocenters. The number of para-hydroxylation sites is 1. The second kappa shape index (κ2) is 9.54. The SMILES string of the molecule is CNC(=O)[C@H]1[C@@H]2C(=O)N([C@@H](CO)C(C)C)[C@H](C(=O)NCn3nnc4ccccc43)[C@H]2C=C[C@H]1C. The van der Waals surface area contributed by atoms with Gasteiger partial charge in [-0.3, -0.25) is 14.4 Å². The smallest absolute Gasteiger partial charge is 0.244 e. The summed E-state index contributed by atoms with van der Waals surface area (Å²) in [6.45, 7) is 5.52. The molecule has 1 aromatic heterocycles. The number of hydrogen-bond donors (Lipinski definition) is 3. The number of hydrogen-bond acceptors (Lipinski definition) is 6. The topological polar surface area (TPSA) is 129 Å². The van der Waals surface area contributed by atoms with E-state index in [-0.39, 0.29) is 42.8 Å². The van der Waals surface area contributed by atoms with Crippen molar-refractivity contribution in [2.45, 2.75) is 39.5 Å². The van der Waals surface area contributed by atoms with Crippen molar-refractivity contribution in [3.05, 3.63) is 36.4 Å². The van der Waals surface area contributed by atoms with Crippen LogP contribution in [0.3, 0.4) is 0 Å². The zero-order chi connectivity index (χ0) is 24.6. The third kappa shape index (κ3) is 3.96. The van der Waals surface area contributed by atoms with Gasteiger partial charge in [-0.25, -0.2) is 4.68 Å². The Morgan fingerprint density at radius 1 is 1.18 bits per heavy atom. The maximum atomic E-state index is 13.7. The molecule has 34 heavy (non-hydrogen) atoms. The fourth-order valence-corrected chi connectivity index (χ4v) is 5.37. The van der Waals surface area contributed by atoms with Crippen LogP contribution >= 0.6 is 0 Å². The van der Waals surface area contributed by atoms with Crippen molar-refractivity contribution < 1.29 is 19.5 Å². The Balaban J connectivity index is 1.66. The number of aliphatic hydroxyl groups is 1. The number of rotatable bonds is 7. The molecule has 4 rings (SSSR count). The molecular weight excluding hydrogens is 436 g/mol. The van der Waals surface area contributed by atoms with Crippen LogP contribution in [0.4, 0.5) is 0 Å². The lowest BCUT2D eigenvalue weighted by Gasteiger charge is -2.35. The number of likely N-dealkylation sites (tertiary alicyclic amines) is 1. The van der Waals surface area contributed by atoms with E-state index in [0.29, 0.717) is 5.52 Å². The van der Waals surface area contributed by atoms with Crippen LogP contribution in [0.5, 0.6) is 0 Å². The van der Waals surface area contributed by atoms with Gasteiger partial charge in [-0.05, 0) is 24.0 Å². The molecule has 3 amide bonds. The molecule has 1 saturated heterocycles. The Morgan fingerprint density at radius 3 is 2.59 bits per heavy atom. The second-order valence-electron chi connectivity index (χ2n) is 9.45. The van der Waals surface area contributed by atoms with E-state index >= 15 is 0 Å². The predicted molar refractivity (Wildman–Crippen MR) is 125 cm³/mol. The highest BCUT2D eigenvalue weighted by atomic mass is 16.3. The van der Waals surface area contributed by atoms with Gasteiger partial charge in [0.05, 0.1) is 30.0 Å². The minimum atomic E-state index is -0.845. The van der Waals surface area contributed by atoms with Crippen LogP contribution in [-0.2, 0) is 21.1 Å². The number of aromatic nitrogens is 3. The molecule has 1 fully saturated rings. The standard InChI is InChI=1S/C24H32N6O4/c1-13(2)18(11-31)30-21(15-10-9-14(3)19(22(32)25-4)20(15)24(30)34)23(33)26-12-29-17-8-6-5-7-16(17)27-28-29/h5-10,13-15,18-21,31H,11-12H2,1-4H3,(H,25,32)(H,26,33)/t14-,15+,18+,19-,20-,21+/m1/s1. The molecule has 2 heterocycles. The highest BCUT2D eigenvalue weighted by Crippen LogP contribution is 2.45. The molecule has 0 radical (unpaired) electrons. The largest absolute Gasteiger partial charge is 0.394 e. The first-order valence-corrected chi connectivity index (χ1v) is 11.7. The molecule has 6 atom stereocenters. The first-order valence-electron chi connectivity index (χ1n) is 11.7. The highest BCUT2D eigenvalue weighted by molar-refractivity contribution is 5.97. The van der Waals surface area contributed by atoms with Crippen LogP contribution < -0.4 is 10.6 Å². The van der Waals surface area contributed by atoms with Gasteiger partial charge in [0.15, 0.2) is 0 Å². The Kier molecular flexibility index (Phi) is 6.70. The van der Waals surface area contributed by atoms with E-state index in [4.69, 9.17) is 0 Å². The zero-order valence-electron chi connectivity index (χ0n) is 19.9. The number of carbonyl (C=O) groups is 3. The van der Waals surface area contributed by atoms with E-state index in [1.807, 2.05) is 57.2 Å². The van der Waals surface area contributed by atoms with Gasteiger partial charge in [-0.15, -0.1) is 5.10 Å². The van der Waals surface area contributed by atoms with Gasteiger partial charge in [0.25, 0.3) is 0 Å². The van der Waals surface area contributed by atoms with Gasteiger partial charge in [0, 0.05) is 13.0 Å². The predicted octanol–water partition coefficient (Wildman–Crippen LogP) is 0.533. The van der Waals surface area contributed by atoms with Crippen LogP contribution in [0, 0.1) is 29.6 Å². The van der Waals surface area contributed by atoms with E-state index in [1.165, 1.54) is 4.90 Å². The maximum Gasteiger partial charge on any atom is 0.244 e. The van der Waals surface area contributed by atoms with Crippen molar-refractivity contribution in [2.75, 3.05) is 13.7 Å². The average molecular weight is 469 g/mol. The monoisotopic (exact) mass is 468 g/mol. The van der Waals surface area contributed by atoms with Crippen molar-refractivity contribution in [3.8, 4) is 0 Å². The highest BCUT2D eigenvalue weighted by Gasteiger charge is 2.58. The number of amides is 3. The van der Waals surface area contributed by atoms with E-state index in [9.17, 15) is 19.5 Å². The van der Waals surface area contributed by atoms with Crippen LogP contribution in [-0.4, -0.2) is 68.5 Å². The van der Waals surface area contributed by atoms with Crippen LogP contribution in [0.1, 0.15) is 20.8 Å². The Hall–Kier alpha value is -3.27. The lowest BCUT2D eigenvalue weighted by molar-refractivity contribution is -0.144. The van der Waals surface area contributed by atoms with Crippen molar-refractivity contribution in [1.82, 2.24) is 30.5 Å². The molecule has 3 N–H and O–H groups in total. The molecule has 10 heteroatoms. The molecule has 182 valence electrons. The van der Waals surface area contributed by atoms with Gasteiger partial charge in [-0.2, -0.15) is 0 Å². The number of carbonyl (C=O) groups excluding carboxylic acids is 3. The van der Waals surface area contributed by atoms with Crippen molar-refractivity contribution in [1.29, 1.82) is 0 Å². The molecule has 2 aromatic rings. The number of nitrogens with one attached hydrogen (secondary N) is 2. The number of aliphatic hydroxyl groups excluding tert-OH is 1. The van der Waals surface area contributed by atoms with Crippen molar-refractivity contribution in [2.24, 2.45) is 29.6 Å². The fourth-order valence-electron chi connectivity index (χ4n) is 5.37. The lowest BCUT2D eigenvalue weighted by Crippen LogP contribution is -2.54. The summed E-state index contributed by atoms with van der Waals surface area (Å²) in [6, 6.07) is 6.04. The molecule has 2 aliphatic rings. The van der Waals surface area contributed by atoms with E-state index in [0.717, 1.165) is 5.52 Å². The second-order valence-corrected chi connectivity index (χ2v) is 9.45. The summed E-state index contributed by atoms with van der Waals surface area (Å²) >= 11 is 0. The van der Waals surface area contributed by atoms with Gasteiger partial charge in [0.1, 0.15) is 18.2 Å². The summed E-state index contributed by atoms with van der Waals surface area (Å²) in [4.78, 5) is 41.6. The Labute approximate surface area is 198 Å². The minimum absolute atomic E-state index is 0.0801. The van der Waals surface area contributed by atoms with Crippen LogP contribution in [0.25, 0.3) is 11.0 Å². The quantitative estimate of drug-likeness (QED) is 0.509. The molecule has 1 aliphatic heterocycles. The van der Waals surface area contributed by atoms with Gasteiger partial charge in [-0.1, -0.05) is 50.3 Å². The van der Waals surface area contributed by atoms with Crippen LogP contribution in [0.15, 0.2) is 36.4 Å². The summed E-state index contributed by atoms with van der Waals surface area (Å²) in [6.07, 6.45) is 3.79. The molecule has 1 aliphatic carbocycles. The number of fused-ring (bicyclic) bond motifs is 2. The lowest BCUT2D eigenvalue weighted by atomic mass is 9.70. The first kappa shape index (κ1) is 23.9. The summed E-state index contributed by atoms with van der Waals surface area (Å²) in [5, 5.41) is 23.9. The van der Waals surface area contributed by atoms with Gasteiger partial charge < -0.3 is 20.6 Å². The van der Waals surface area contributed by atoms with E-state index in [2.05, 4.69) is 20.9 Å². The normalized spacial score (nSPS) is 27.2. The third-order valence-electron chi connectivity index (χ3n) is 7.16. The Morgan fingerprint density at radius 2 is 1.91 bits per heavy atom. The number of allylic oxidation sites excluding steroid dienone is 1. The molecular formula is C24H32N6O4. The number of benzene rings is 1.